The molecule has 0 spiro atoms. The Balaban J connectivity index is 1.85. The second-order valence-electron chi connectivity index (χ2n) is 6.57. The first-order valence-electron chi connectivity index (χ1n) is 8.94. The Kier molecular flexibility index (Phi) is 5.19. The summed E-state index contributed by atoms with van der Waals surface area (Å²) in [6, 6.07) is 23.5. The first kappa shape index (κ1) is 18.3. The van der Waals surface area contributed by atoms with Crippen molar-refractivity contribution in [2.24, 2.45) is 10.3 Å². The Hall–Kier alpha value is -3.02. The summed E-state index contributed by atoms with van der Waals surface area (Å²) in [7, 11) is 0. The molecule has 3 aromatic carbocycles. The molecule has 1 heterocycles. The number of anilines is 1. The van der Waals surface area contributed by atoms with Gasteiger partial charge in [0.1, 0.15) is 12.1 Å². The second-order valence-corrected chi connectivity index (χ2v) is 7.00. The molecule has 6 heteroatoms. The number of aliphatic hydroxyl groups excluding tert-OH is 1. The van der Waals surface area contributed by atoms with Crippen LogP contribution in [0.4, 0.5) is 5.69 Å². The van der Waals surface area contributed by atoms with E-state index in [0.29, 0.717) is 21.8 Å². The number of nitrogens with zero attached hydrogens (tertiary/aromatic N) is 3. The molecule has 1 N–H and O–H groups in total. The van der Waals surface area contributed by atoms with Crippen molar-refractivity contribution in [3.63, 3.8) is 0 Å². The molecule has 1 aliphatic heterocycles. The number of hydrogen-bond donors (Lipinski definition) is 1. The predicted octanol–water partition coefficient (Wildman–Crippen LogP) is 4.78. The molecule has 0 bridgehead atoms. The van der Waals surface area contributed by atoms with E-state index in [0.717, 1.165) is 11.3 Å². The zero-order valence-corrected chi connectivity index (χ0v) is 15.7. The lowest BCUT2D eigenvalue weighted by atomic mass is 9.99. The number of nitroso groups, excluding NO2 is 1. The van der Waals surface area contributed by atoms with Crippen molar-refractivity contribution < 1.29 is 5.11 Å². The highest BCUT2D eigenvalue weighted by Gasteiger charge is 2.33. The SMILES string of the molecule is O=NN1c2ccc(Cl)cc2C(c2ccccc2)=NCC1[C@@H](O)c1ccccc1. The van der Waals surface area contributed by atoms with Gasteiger partial charge in [-0.25, -0.2) is 5.01 Å². The van der Waals surface area contributed by atoms with E-state index in [-0.39, 0.29) is 6.54 Å². The fourth-order valence-corrected chi connectivity index (χ4v) is 3.65. The predicted molar refractivity (Wildman–Crippen MR) is 112 cm³/mol. The Labute approximate surface area is 167 Å². The van der Waals surface area contributed by atoms with Crippen LogP contribution in [0.1, 0.15) is 22.8 Å². The van der Waals surface area contributed by atoms with Crippen molar-refractivity contribution in [3.05, 3.63) is 105 Å². The number of aliphatic hydroxyl groups is 1. The van der Waals surface area contributed by atoms with Gasteiger partial charge in [-0.1, -0.05) is 72.3 Å². The van der Waals surface area contributed by atoms with Crippen LogP contribution in [0.25, 0.3) is 0 Å². The summed E-state index contributed by atoms with van der Waals surface area (Å²) in [5, 5.41) is 16.1. The molecular weight excluding hydrogens is 374 g/mol. The Morgan fingerprint density at radius 2 is 1.71 bits per heavy atom. The van der Waals surface area contributed by atoms with E-state index in [9.17, 15) is 10.0 Å². The minimum absolute atomic E-state index is 0.207. The number of hydrogen-bond acceptors (Lipinski definition) is 4. The fourth-order valence-electron chi connectivity index (χ4n) is 3.48. The lowest BCUT2D eigenvalue weighted by Crippen LogP contribution is -2.38. The zero-order valence-electron chi connectivity index (χ0n) is 14.9. The van der Waals surface area contributed by atoms with E-state index in [1.165, 1.54) is 5.01 Å². The van der Waals surface area contributed by atoms with Gasteiger partial charge in [0.2, 0.25) is 0 Å². The standard InChI is InChI=1S/C22H18ClN3O2/c23-17-11-12-19-18(13-17)21(15-7-3-1-4-8-15)24-14-20(26(19)25-28)22(27)16-9-5-2-6-10-16/h1-13,20,22,27H,14H2/t20?,22-/m0/s1. The second kappa shape index (κ2) is 7.92. The van der Waals surface area contributed by atoms with Crippen LogP contribution in [0, 0.1) is 4.91 Å². The first-order valence-corrected chi connectivity index (χ1v) is 9.32. The third kappa shape index (κ3) is 3.42. The van der Waals surface area contributed by atoms with E-state index >= 15 is 0 Å². The number of rotatable bonds is 4. The van der Waals surface area contributed by atoms with E-state index in [1.807, 2.05) is 60.7 Å². The van der Waals surface area contributed by atoms with Crippen LogP contribution >= 0.6 is 11.6 Å². The number of aliphatic imine (C=N–C) groups is 1. The highest BCUT2D eigenvalue weighted by molar-refractivity contribution is 6.31. The highest BCUT2D eigenvalue weighted by Crippen LogP contribution is 2.34. The van der Waals surface area contributed by atoms with Gasteiger partial charge in [-0.3, -0.25) is 4.99 Å². The maximum absolute atomic E-state index is 11.8. The van der Waals surface area contributed by atoms with Gasteiger partial charge >= 0.3 is 0 Å². The minimum atomic E-state index is -0.929. The van der Waals surface area contributed by atoms with Crippen LogP contribution in [-0.4, -0.2) is 23.4 Å². The minimum Gasteiger partial charge on any atom is -0.386 e. The molecule has 4 rings (SSSR count). The van der Waals surface area contributed by atoms with Gasteiger partial charge < -0.3 is 5.11 Å². The topological polar surface area (TPSA) is 65.3 Å². The number of benzene rings is 3. The van der Waals surface area contributed by atoms with Crippen molar-refractivity contribution in [1.29, 1.82) is 0 Å². The van der Waals surface area contributed by atoms with Crippen LogP contribution in [0.2, 0.25) is 5.02 Å². The van der Waals surface area contributed by atoms with Gasteiger partial charge in [0, 0.05) is 16.1 Å². The first-order chi connectivity index (χ1) is 13.7. The molecule has 0 aromatic heterocycles. The highest BCUT2D eigenvalue weighted by atomic mass is 35.5. The maximum Gasteiger partial charge on any atom is 0.105 e. The number of halogens is 1. The quantitative estimate of drug-likeness (QED) is 0.651. The third-order valence-corrected chi connectivity index (χ3v) is 5.09. The Bertz CT molecular complexity index is 1010. The molecule has 5 nitrogen and oxygen atoms in total. The summed E-state index contributed by atoms with van der Waals surface area (Å²) in [4.78, 5) is 16.6. The molecule has 28 heavy (non-hydrogen) atoms. The van der Waals surface area contributed by atoms with Crippen molar-refractivity contribution in [3.8, 4) is 0 Å². The molecular formula is C22H18ClN3O2. The lowest BCUT2D eigenvalue weighted by molar-refractivity contribution is 0.145. The molecule has 0 amide bonds. The van der Waals surface area contributed by atoms with Crippen LogP contribution < -0.4 is 5.01 Å². The van der Waals surface area contributed by atoms with E-state index in [2.05, 4.69) is 5.29 Å². The molecule has 0 saturated heterocycles. The molecule has 1 unspecified atom stereocenters. The summed E-state index contributed by atoms with van der Waals surface area (Å²) < 4.78 is 0. The average Bonchev–Trinajstić information content (AvgIpc) is 2.90. The zero-order chi connectivity index (χ0) is 19.5. The lowest BCUT2D eigenvalue weighted by Gasteiger charge is -2.29. The van der Waals surface area contributed by atoms with Crippen LogP contribution in [0.5, 0.6) is 0 Å². The average molecular weight is 392 g/mol. The summed E-state index contributed by atoms with van der Waals surface area (Å²) in [6.45, 7) is 0.207. The Morgan fingerprint density at radius 3 is 2.39 bits per heavy atom. The van der Waals surface area contributed by atoms with Gasteiger partial charge in [0.25, 0.3) is 0 Å². The molecule has 2 atom stereocenters. The summed E-state index contributed by atoms with van der Waals surface area (Å²) in [5.74, 6) is 0. The molecule has 0 aliphatic carbocycles. The van der Waals surface area contributed by atoms with E-state index in [4.69, 9.17) is 16.6 Å². The largest absolute Gasteiger partial charge is 0.386 e. The number of fused-ring (bicyclic) bond motifs is 1. The molecule has 0 saturated carbocycles. The Morgan fingerprint density at radius 1 is 1.04 bits per heavy atom. The van der Waals surface area contributed by atoms with Crippen LogP contribution in [0.15, 0.2) is 89.1 Å². The monoisotopic (exact) mass is 391 g/mol. The normalized spacial score (nSPS) is 17.3. The summed E-state index contributed by atoms with van der Waals surface area (Å²) >= 11 is 6.24. The molecule has 0 fully saturated rings. The molecule has 1 aliphatic rings. The smallest absolute Gasteiger partial charge is 0.105 e. The van der Waals surface area contributed by atoms with Crippen LogP contribution in [0.3, 0.4) is 0 Å². The number of benzodiazepines with no additional fused rings is 1. The van der Waals surface area contributed by atoms with Gasteiger partial charge in [-0.05, 0) is 23.8 Å². The molecule has 140 valence electrons. The van der Waals surface area contributed by atoms with Crippen molar-refractivity contribution in [2.75, 3.05) is 11.6 Å². The van der Waals surface area contributed by atoms with Gasteiger partial charge in [-0.15, -0.1) is 4.91 Å². The van der Waals surface area contributed by atoms with Crippen molar-refractivity contribution in [1.82, 2.24) is 0 Å². The van der Waals surface area contributed by atoms with Crippen LogP contribution in [-0.2, 0) is 0 Å². The molecule has 0 radical (unpaired) electrons. The van der Waals surface area contributed by atoms with Gasteiger partial charge in [0.05, 0.1) is 23.2 Å². The molecule has 3 aromatic rings. The van der Waals surface area contributed by atoms with Gasteiger partial charge in [0.15, 0.2) is 0 Å². The van der Waals surface area contributed by atoms with Gasteiger partial charge in [-0.2, -0.15) is 0 Å². The summed E-state index contributed by atoms with van der Waals surface area (Å²) in [6.07, 6.45) is -0.929. The third-order valence-electron chi connectivity index (χ3n) is 4.85. The van der Waals surface area contributed by atoms with Crippen molar-refractivity contribution in [2.45, 2.75) is 12.1 Å². The maximum atomic E-state index is 11.8. The fraction of sp³-hybridized carbons (Fsp3) is 0.136. The van der Waals surface area contributed by atoms with E-state index in [1.54, 1.807) is 18.2 Å². The van der Waals surface area contributed by atoms with E-state index < -0.39 is 12.1 Å². The van der Waals surface area contributed by atoms with Crippen molar-refractivity contribution >= 4 is 23.0 Å². The summed E-state index contributed by atoms with van der Waals surface area (Å²) in [5.41, 5.74) is 3.61.